The third-order valence-corrected chi connectivity index (χ3v) is 6.49. The first kappa shape index (κ1) is 23.5. The molecule has 3 N–H and O–H groups in total. The molecule has 186 valence electrons. The van der Waals surface area contributed by atoms with E-state index in [1.54, 1.807) is 38.5 Å². The Bertz CT molecular complexity index is 1270. The Labute approximate surface area is 210 Å². The Morgan fingerprint density at radius 3 is 2.25 bits per heavy atom. The zero-order valence-corrected chi connectivity index (χ0v) is 20.5. The Hall–Kier alpha value is -4.20. The summed E-state index contributed by atoms with van der Waals surface area (Å²) in [6.45, 7) is 1.57. The van der Waals surface area contributed by atoms with Crippen LogP contribution in [-0.2, 0) is 13.0 Å². The molecule has 36 heavy (non-hydrogen) atoms. The number of hydrogen-bond donors (Lipinski definition) is 3. The van der Waals surface area contributed by atoms with Gasteiger partial charge < -0.3 is 30.3 Å². The normalized spacial score (nSPS) is 14.4. The molecule has 0 saturated heterocycles. The van der Waals surface area contributed by atoms with Gasteiger partial charge in [-0.3, -0.25) is 4.79 Å². The predicted molar refractivity (Wildman–Crippen MR) is 140 cm³/mol. The summed E-state index contributed by atoms with van der Waals surface area (Å²) >= 11 is 0. The van der Waals surface area contributed by atoms with Crippen molar-refractivity contribution >= 4 is 29.0 Å². The highest BCUT2D eigenvalue weighted by Gasteiger charge is 2.27. The van der Waals surface area contributed by atoms with Crippen molar-refractivity contribution < 1.29 is 19.1 Å². The van der Waals surface area contributed by atoms with Crippen molar-refractivity contribution in [3.05, 3.63) is 77.4 Å². The Kier molecular flexibility index (Phi) is 6.66. The molecular weight excluding hydrogens is 456 g/mol. The van der Waals surface area contributed by atoms with E-state index in [0.29, 0.717) is 28.4 Å². The number of amides is 3. The van der Waals surface area contributed by atoms with Gasteiger partial charge in [-0.1, -0.05) is 24.3 Å². The van der Waals surface area contributed by atoms with E-state index in [2.05, 4.69) is 39.0 Å². The molecule has 0 spiro atoms. The number of methoxy groups -OCH3 is 2. The minimum Gasteiger partial charge on any atom is -0.497 e. The quantitative estimate of drug-likeness (QED) is 0.446. The number of nitrogens with zero attached hydrogens (tertiary/aromatic N) is 1. The molecule has 1 aliphatic heterocycles. The number of rotatable bonds is 7. The lowest BCUT2D eigenvalue weighted by Gasteiger charge is -2.32. The second-order valence-electron chi connectivity index (χ2n) is 9.10. The van der Waals surface area contributed by atoms with Gasteiger partial charge in [0.25, 0.3) is 5.91 Å². The van der Waals surface area contributed by atoms with Crippen molar-refractivity contribution in [1.82, 2.24) is 5.32 Å². The number of ether oxygens (including phenoxy) is 2. The Morgan fingerprint density at radius 1 is 0.861 bits per heavy atom. The van der Waals surface area contributed by atoms with Gasteiger partial charge in [0.15, 0.2) is 0 Å². The highest BCUT2D eigenvalue weighted by molar-refractivity contribution is 6.04. The number of fused-ring (bicyclic) bond motifs is 1. The summed E-state index contributed by atoms with van der Waals surface area (Å²) in [7, 11) is 3.10. The van der Waals surface area contributed by atoms with E-state index in [4.69, 9.17) is 9.47 Å². The van der Waals surface area contributed by atoms with Crippen LogP contribution in [0.15, 0.2) is 60.7 Å². The average molecular weight is 487 g/mol. The van der Waals surface area contributed by atoms with Crippen LogP contribution in [-0.4, -0.2) is 38.7 Å². The molecule has 0 atom stereocenters. The van der Waals surface area contributed by atoms with Crippen LogP contribution in [0, 0.1) is 0 Å². The van der Waals surface area contributed by atoms with Crippen LogP contribution in [0.2, 0.25) is 0 Å². The van der Waals surface area contributed by atoms with E-state index in [9.17, 15) is 9.59 Å². The molecule has 3 amide bonds. The first-order chi connectivity index (χ1) is 17.5. The third-order valence-electron chi connectivity index (χ3n) is 6.49. The summed E-state index contributed by atoms with van der Waals surface area (Å²) in [5.41, 5.74) is 5.10. The molecule has 0 radical (unpaired) electrons. The third kappa shape index (κ3) is 5.38. The van der Waals surface area contributed by atoms with Gasteiger partial charge in [-0.15, -0.1) is 0 Å². The van der Waals surface area contributed by atoms with Gasteiger partial charge in [0.2, 0.25) is 0 Å². The maximum absolute atomic E-state index is 13.2. The van der Waals surface area contributed by atoms with E-state index in [0.717, 1.165) is 38.0 Å². The second-order valence-corrected chi connectivity index (χ2v) is 9.10. The zero-order valence-electron chi connectivity index (χ0n) is 20.5. The van der Waals surface area contributed by atoms with Crippen LogP contribution in [0.3, 0.4) is 0 Å². The number of carbonyl (C=O) groups is 2. The summed E-state index contributed by atoms with van der Waals surface area (Å²) in [6, 6.07) is 18.8. The van der Waals surface area contributed by atoms with Crippen LogP contribution in [0.25, 0.3) is 0 Å². The van der Waals surface area contributed by atoms with Gasteiger partial charge in [0.05, 0.1) is 19.8 Å². The smallest absolute Gasteiger partial charge is 0.323 e. The monoisotopic (exact) mass is 486 g/mol. The number of urea groups is 1. The van der Waals surface area contributed by atoms with E-state index in [1.807, 2.05) is 18.2 Å². The van der Waals surface area contributed by atoms with Crippen LogP contribution < -0.4 is 30.3 Å². The fourth-order valence-electron chi connectivity index (χ4n) is 4.44. The molecule has 0 bridgehead atoms. The molecule has 8 nitrogen and oxygen atoms in total. The molecule has 0 unspecified atom stereocenters. The molecule has 1 saturated carbocycles. The van der Waals surface area contributed by atoms with E-state index < -0.39 is 6.03 Å². The molecule has 5 rings (SSSR count). The Balaban J connectivity index is 1.36. The maximum Gasteiger partial charge on any atom is 0.323 e. The van der Waals surface area contributed by atoms with E-state index in [-0.39, 0.29) is 11.9 Å². The summed E-state index contributed by atoms with van der Waals surface area (Å²) < 4.78 is 10.5. The highest BCUT2D eigenvalue weighted by atomic mass is 16.5. The van der Waals surface area contributed by atoms with Crippen molar-refractivity contribution in [2.24, 2.45) is 0 Å². The molecular formula is C28H30N4O4. The first-order valence-corrected chi connectivity index (χ1v) is 12.1. The van der Waals surface area contributed by atoms with Crippen LogP contribution in [0.4, 0.5) is 21.9 Å². The standard InChI is InChI=1S/C28H30N4O4/c1-35-23-13-22(14-24(16-23)36-2)31-28(34)30-21-9-10-26(25(15-21)27(33)29-20-7-8-20)32-12-11-18-5-3-4-6-19(18)17-32/h3-6,9-10,13-16,20H,7-8,11-12,17H2,1-2H3,(H,29,33)(H2,30,31,34). The minimum atomic E-state index is -0.432. The minimum absolute atomic E-state index is 0.118. The number of nitrogens with one attached hydrogen (secondary N) is 3. The molecule has 1 aliphatic carbocycles. The molecule has 1 fully saturated rings. The first-order valence-electron chi connectivity index (χ1n) is 12.1. The molecule has 2 aliphatic rings. The van der Waals surface area contributed by atoms with Gasteiger partial charge in [0, 0.05) is 54.4 Å². The van der Waals surface area contributed by atoms with Crippen molar-refractivity contribution in [2.45, 2.75) is 31.8 Å². The SMILES string of the molecule is COc1cc(NC(=O)Nc2ccc(N3CCc4ccccc4C3)c(C(=O)NC3CC3)c2)cc(OC)c1. The van der Waals surface area contributed by atoms with Crippen molar-refractivity contribution in [3.8, 4) is 11.5 Å². The summed E-state index contributed by atoms with van der Waals surface area (Å²) in [6.07, 6.45) is 2.93. The number of anilines is 3. The van der Waals surface area contributed by atoms with E-state index >= 15 is 0 Å². The predicted octanol–water partition coefficient (Wildman–Crippen LogP) is 4.80. The largest absolute Gasteiger partial charge is 0.497 e. The number of carbonyl (C=O) groups excluding carboxylic acids is 2. The number of benzene rings is 3. The zero-order chi connectivity index (χ0) is 25.1. The van der Waals surface area contributed by atoms with Gasteiger partial charge in [0.1, 0.15) is 11.5 Å². The molecule has 3 aromatic carbocycles. The van der Waals surface area contributed by atoms with Gasteiger partial charge >= 0.3 is 6.03 Å². The molecule has 0 aromatic heterocycles. The highest BCUT2D eigenvalue weighted by Crippen LogP contribution is 2.31. The second kappa shape index (κ2) is 10.2. The lowest BCUT2D eigenvalue weighted by molar-refractivity contribution is 0.0951. The fourth-order valence-corrected chi connectivity index (χ4v) is 4.44. The van der Waals surface area contributed by atoms with Crippen LogP contribution in [0.1, 0.15) is 34.3 Å². The number of hydrogen-bond acceptors (Lipinski definition) is 5. The average Bonchev–Trinajstić information content (AvgIpc) is 3.72. The van der Waals surface area contributed by atoms with Crippen LogP contribution in [0.5, 0.6) is 11.5 Å². The van der Waals surface area contributed by atoms with Crippen molar-refractivity contribution in [2.75, 3.05) is 36.3 Å². The molecule has 8 heteroatoms. The van der Waals surface area contributed by atoms with Crippen LogP contribution >= 0.6 is 0 Å². The Morgan fingerprint density at radius 2 is 1.56 bits per heavy atom. The fraction of sp³-hybridized carbons (Fsp3) is 0.286. The molecule has 1 heterocycles. The summed E-state index contributed by atoms with van der Waals surface area (Å²) in [5, 5.41) is 8.74. The van der Waals surface area contributed by atoms with Crippen molar-refractivity contribution in [1.29, 1.82) is 0 Å². The topological polar surface area (TPSA) is 91.9 Å². The van der Waals surface area contributed by atoms with Gasteiger partial charge in [-0.2, -0.15) is 0 Å². The molecule has 3 aromatic rings. The lowest BCUT2D eigenvalue weighted by Crippen LogP contribution is -2.33. The summed E-state index contributed by atoms with van der Waals surface area (Å²) in [4.78, 5) is 28.2. The van der Waals surface area contributed by atoms with Gasteiger partial charge in [-0.05, 0) is 48.6 Å². The van der Waals surface area contributed by atoms with E-state index in [1.165, 1.54) is 11.1 Å². The lowest BCUT2D eigenvalue weighted by atomic mass is 9.98. The van der Waals surface area contributed by atoms with Crippen molar-refractivity contribution in [3.63, 3.8) is 0 Å². The summed E-state index contributed by atoms with van der Waals surface area (Å²) in [5.74, 6) is 1.01. The van der Waals surface area contributed by atoms with Gasteiger partial charge in [-0.25, -0.2) is 4.79 Å². The maximum atomic E-state index is 13.2.